The number of piperidine rings is 1. The third-order valence-corrected chi connectivity index (χ3v) is 6.93. The number of Topliss-reactive ketones (excluding diaryl/α,β-unsaturated/α-hetero) is 1. The second-order valence-corrected chi connectivity index (χ2v) is 9.41. The molecule has 7 nitrogen and oxygen atoms in total. The zero-order valence-electron chi connectivity index (χ0n) is 16.9. The van der Waals surface area contributed by atoms with Crippen LogP contribution < -0.4 is 4.72 Å². The highest BCUT2D eigenvalue weighted by atomic mass is 32.2. The van der Waals surface area contributed by atoms with Crippen molar-refractivity contribution in [3.63, 3.8) is 0 Å². The van der Waals surface area contributed by atoms with Crippen LogP contribution in [0, 0.1) is 17.6 Å². The van der Waals surface area contributed by atoms with Crippen molar-refractivity contribution in [2.75, 3.05) is 19.6 Å². The minimum atomic E-state index is -3.99. The van der Waals surface area contributed by atoms with E-state index in [0.717, 1.165) is 17.5 Å². The average molecular weight is 462 g/mol. The van der Waals surface area contributed by atoms with Gasteiger partial charge in [-0.05, 0) is 49.1 Å². The van der Waals surface area contributed by atoms with Gasteiger partial charge < -0.3 is 9.32 Å². The summed E-state index contributed by atoms with van der Waals surface area (Å²) in [6.45, 7) is 0.672. The van der Waals surface area contributed by atoms with Gasteiger partial charge in [0.15, 0.2) is 17.4 Å². The fourth-order valence-corrected chi connectivity index (χ4v) is 4.77. The Bertz CT molecular complexity index is 1250. The minimum Gasteiger partial charge on any atom is -0.452 e. The summed E-state index contributed by atoms with van der Waals surface area (Å²) in [5.74, 6) is -3.84. The molecule has 3 aromatic rings. The highest BCUT2D eigenvalue weighted by Crippen LogP contribution is 2.22. The van der Waals surface area contributed by atoms with Crippen molar-refractivity contribution in [3.05, 3.63) is 65.9 Å². The fourth-order valence-electron chi connectivity index (χ4n) is 3.64. The number of nitrogens with zero attached hydrogens (tertiary/aromatic N) is 1. The molecule has 0 bridgehead atoms. The maximum Gasteiger partial charge on any atom is 0.298 e. The number of hydrogen-bond acceptors (Lipinski definition) is 5. The summed E-state index contributed by atoms with van der Waals surface area (Å²) < 4.78 is 58.9. The smallest absolute Gasteiger partial charge is 0.298 e. The maximum atomic E-state index is 13.3. The van der Waals surface area contributed by atoms with Gasteiger partial charge in [-0.3, -0.25) is 9.59 Å². The Kier molecular flexibility index (Phi) is 6.07. The lowest BCUT2D eigenvalue weighted by Gasteiger charge is -2.31. The van der Waals surface area contributed by atoms with Crippen LogP contribution >= 0.6 is 0 Å². The van der Waals surface area contributed by atoms with E-state index < -0.39 is 33.3 Å². The molecular weight excluding hydrogens is 442 g/mol. The average Bonchev–Trinajstić information content (AvgIpc) is 3.23. The lowest BCUT2D eigenvalue weighted by Crippen LogP contribution is -2.44. The second-order valence-electron chi connectivity index (χ2n) is 7.64. The Morgan fingerprint density at radius 1 is 1.03 bits per heavy atom. The highest BCUT2D eigenvalue weighted by molar-refractivity contribution is 7.89. The molecule has 2 heterocycles. The first-order valence-corrected chi connectivity index (χ1v) is 11.5. The molecule has 1 aliphatic rings. The van der Waals surface area contributed by atoms with E-state index in [2.05, 4.69) is 4.72 Å². The van der Waals surface area contributed by atoms with Crippen LogP contribution in [0.5, 0.6) is 0 Å². The second kappa shape index (κ2) is 8.79. The van der Waals surface area contributed by atoms with Crippen LogP contribution in [-0.2, 0) is 14.8 Å². The molecule has 0 aliphatic carbocycles. The number of nitrogens with one attached hydrogen (secondary N) is 1. The van der Waals surface area contributed by atoms with E-state index in [9.17, 15) is 26.8 Å². The van der Waals surface area contributed by atoms with E-state index >= 15 is 0 Å². The number of carbonyl (C=O) groups is 2. The summed E-state index contributed by atoms with van der Waals surface area (Å²) in [5.41, 5.74) is 0.524. The van der Waals surface area contributed by atoms with Crippen molar-refractivity contribution >= 4 is 32.7 Å². The quantitative estimate of drug-likeness (QED) is 0.449. The van der Waals surface area contributed by atoms with E-state index in [1.807, 2.05) is 0 Å². The van der Waals surface area contributed by atoms with Crippen molar-refractivity contribution in [2.45, 2.75) is 17.7 Å². The van der Waals surface area contributed by atoms with Gasteiger partial charge in [0.05, 0.1) is 4.90 Å². The number of hydrogen-bond donors (Lipinski definition) is 1. The molecule has 168 valence electrons. The summed E-state index contributed by atoms with van der Waals surface area (Å²) >= 11 is 0. The van der Waals surface area contributed by atoms with Crippen LogP contribution in [0.3, 0.4) is 0 Å². The number of furan rings is 1. The van der Waals surface area contributed by atoms with Gasteiger partial charge in [-0.15, -0.1) is 0 Å². The first-order chi connectivity index (χ1) is 15.2. The number of ketones is 1. The van der Waals surface area contributed by atoms with Gasteiger partial charge in [-0.25, -0.2) is 21.9 Å². The Hall–Kier alpha value is -3.11. The van der Waals surface area contributed by atoms with Crippen molar-refractivity contribution in [1.29, 1.82) is 0 Å². The Morgan fingerprint density at radius 3 is 2.44 bits per heavy atom. The Labute approximate surface area is 183 Å². The van der Waals surface area contributed by atoms with Crippen molar-refractivity contribution in [2.24, 2.45) is 5.92 Å². The molecular formula is C22H20F2N2O5S. The van der Waals surface area contributed by atoms with Crippen molar-refractivity contribution in [3.8, 4) is 0 Å². The molecule has 2 aromatic carbocycles. The van der Waals surface area contributed by atoms with Gasteiger partial charge >= 0.3 is 0 Å². The molecule has 0 radical (unpaired) electrons. The molecule has 0 atom stereocenters. The first kappa shape index (κ1) is 22.1. The summed E-state index contributed by atoms with van der Waals surface area (Å²) in [5, 5.41) is 0.732. The van der Waals surface area contributed by atoms with Crippen LogP contribution in [-0.4, -0.2) is 44.6 Å². The number of amides is 1. The number of likely N-dealkylation sites (tertiary alicyclic amines) is 1. The van der Waals surface area contributed by atoms with Gasteiger partial charge in [0.1, 0.15) is 5.58 Å². The molecule has 1 aliphatic heterocycles. The predicted octanol–water partition coefficient (Wildman–Crippen LogP) is 3.11. The Morgan fingerprint density at radius 2 is 1.75 bits per heavy atom. The van der Waals surface area contributed by atoms with Crippen LogP contribution in [0.4, 0.5) is 8.78 Å². The lowest BCUT2D eigenvalue weighted by atomic mass is 9.97. The molecule has 0 saturated carbocycles. The number of rotatable bonds is 6. The molecule has 1 saturated heterocycles. The van der Waals surface area contributed by atoms with E-state index in [4.69, 9.17) is 4.42 Å². The van der Waals surface area contributed by atoms with Crippen LogP contribution in [0.1, 0.15) is 23.4 Å². The number of para-hydroxylation sites is 1. The summed E-state index contributed by atoms with van der Waals surface area (Å²) in [6.07, 6.45) is 0.971. The van der Waals surface area contributed by atoms with Crippen LogP contribution in [0.2, 0.25) is 0 Å². The third kappa shape index (κ3) is 4.56. The van der Waals surface area contributed by atoms with Gasteiger partial charge in [-0.1, -0.05) is 18.2 Å². The van der Waals surface area contributed by atoms with Gasteiger partial charge in [0.2, 0.25) is 10.0 Å². The standard InChI is InChI=1S/C22H20F2N2O5S/c23-17-6-5-16(12-18(17)24)32(29,30)25-13-14-7-9-26(10-8-14)22(28)21(27)20-11-15-3-1-2-4-19(15)31-20/h1-6,11-12,14,25H,7-10,13H2. The fraction of sp³-hybridized carbons (Fsp3) is 0.273. The largest absolute Gasteiger partial charge is 0.452 e. The normalized spacial score (nSPS) is 15.2. The topological polar surface area (TPSA) is 96.7 Å². The molecule has 0 spiro atoms. The monoisotopic (exact) mass is 462 g/mol. The number of sulfonamides is 1. The van der Waals surface area contributed by atoms with Crippen LogP contribution in [0.25, 0.3) is 11.0 Å². The molecule has 1 aromatic heterocycles. The summed E-state index contributed by atoms with van der Waals surface area (Å²) in [6, 6.07) is 11.0. The Balaban J connectivity index is 1.32. The van der Waals surface area contributed by atoms with E-state index in [-0.39, 0.29) is 23.1 Å². The van der Waals surface area contributed by atoms with Gasteiger partial charge in [0, 0.05) is 25.0 Å². The molecule has 1 amide bonds. The van der Waals surface area contributed by atoms with E-state index in [1.165, 1.54) is 11.0 Å². The number of fused-ring (bicyclic) bond motifs is 1. The minimum absolute atomic E-state index is 0.0161. The van der Waals surface area contributed by atoms with Gasteiger partial charge in [0.25, 0.3) is 11.7 Å². The van der Waals surface area contributed by atoms with Gasteiger partial charge in [-0.2, -0.15) is 0 Å². The zero-order chi connectivity index (χ0) is 22.9. The maximum absolute atomic E-state index is 13.3. The third-order valence-electron chi connectivity index (χ3n) is 5.51. The zero-order valence-corrected chi connectivity index (χ0v) is 17.7. The van der Waals surface area contributed by atoms with Crippen LogP contribution in [0.15, 0.2) is 57.8 Å². The summed E-state index contributed by atoms with van der Waals surface area (Å²) in [7, 11) is -3.99. The first-order valence-electron chi connectivity index (χ1n) is 10.0. The highest BCUT2D eigenvalue weighted by Gasteiger charge is 2.30. The molecule has 10 heteroatoms. The molecule has 32 heavy (non-hydrogen) atoms. The lowest BCUT2D eigenvalue weighted by molar-refractivity contribution is -0.127. The van der Waals surface area contributed by atoms with Crippen molar-refractivity contribution < 1.29 is 31.2 Å². The number of benzene rings is 2. The summed E-state index contributed by atoms with van der Waals surface area (Å²) in [4.78, 5) is 26.2. The molecule has 0 unspecified atom stereocenters. The molecule has 1 N–H and O–H groups in total. The SMILES string of the molecule is O=C(C(=O)N1CCC(CNS(=O)(=O)c2ccc(F)c(F)c2)CC1)c1cc2ccccc2o1. The van der Waals surface area contributed by atoms with E-state index in [0.29, 0.717) is 37.6 Å². The number of carbonyl (C=O) groups excluding carboxylic acids is 2. The molecule has 1 fully saturated rings. The number of halogens is 2. The predicted molar refractivity (Wildman–Crippen MR) is 111 cm³/mol. The van der Waals surface area contributed by atoms with E-state index in [1.54, 1.807) is 24.3 Å². The van der Waals surface area contributed by atoms with Crippen molar-refractivity contribution in [1.82, 2.24) is 9.62 Å². The molecule has 4 rings (SSSR count).